The van der Waals surface area contributed by atoms with Crippen LogP contribution >= 0.6 is 0 Å². The smallest absolute Gasteiger partial charge is 0.399 e. The second kappa shape index (κ2) is 5.14. The summed E-state index contributed by atoms with van der Waals surface area (Å²) in [6.07, 6.45) is 3.23. The highest BCUT2D eigenvalue weighted by Crippen LogP contribution is 2.57. The Morgan fingerprint density at radius 2 is 1.96 bits per heavy atom. The van der Waals surface area contributed by atoms with Gasteiger partial charge in [0.1, 0.15) is 10.6 Å². The number of pyridine rings is 1. The van der Waals surface area contributed by atoms with Crippen LogP contribution in [0.5, 0.6) is 0 Å². The number of nitrogens with two attached hydrogens (primary N) is 1. The molecule has 26 heavy (non-hydrogen) atoms. The fourth-order valence-electron chi connectivity index (χ4n) is 4.56. The summed E-state index contributed by atoms with van der Waals surface area (Å²) in [6.45, 7) is 0. The normalized spacial score (nSPS) is 20.5. The minimum absolute atomic E-state index is 0.289. The van der Waals surface area contributed by atoms with Crippen LogP contribution in [-0.2, 0) is 0 Å². The molecule has 2 aliphatic rings. The molecule has 2 atom stereocenters. The third kappa shape index (κ3) is 2.00. The molecule has 7 nitrogen and oxygen atoms in total. The maximum absolute atomic E-state index is 11.6. The van der Waals surface area contributed by atoms with Gasteiger partial charge < -0.3 is 10.2 Å². The average molecular weight is 349 g/mol. The number of carbonyl (C=O) groups excluding carboxylic acids is 1. The Morgan fingerprint density at radius 1 is 1.19 bits per heavy atom. The lowest BCUT2D eigenvalue weighted by molar-refractivity contribution is -0.401. The molecule has 130 valence electrons. The SMILES string of the molecule is NC(=O)c1ccc2nc(-c3ccc([N+](=O)[O-])o3)c3c(c2c1)C1CCC3C1. The quantitative estimate of drug-likeness (QED) is 0.570. The molecule has 5 rings (SSSR count). The summed E-state index contributed by atoms with van der Waals surface area (Å²) in [5, 5.41) is 11.9. The van der Waals surface area contributed by atoms with Crippen LogP contribution in [0.15, 0.2) is 34.7 Å². The van der Waals surface area contributed by atoms with E-state index < -0.39 is 10.8 Å². The van der Waals surface area contributed by atoms with E-state index in [4.69, 9.17) is 15.1 Å². The number of aromatic nitrogens is 1. The lowest BCUT2D eigenvalue weighted by Crippen LogP contribution is -2.11. The van der Waals surface area contributed by atoms with Crippen molar-refractivity contribution < 1.29 is 14.1 Å². The number of furan rings is 1. The monoisotopic (exact) mass is 349 g/mol. The van der Waals surface area contributed by atoms with Gasteiger partial charge in [0.05, 0.1) is 11.6 Å². The van der Waals surface area contributed by atoms with E-state index in [-0.39, 0.29) is 5.88 Å². The van der Waals surface area contributed by atoms with Gasteiger partial charge in [-0.25, -0.2) is 4.98 Å². The molecule has 3 aromatic rings. The van der Waals surface area contributed by atoms with Gasteiger partial charge in [0, 0.05) is 10.9 Å². The Balaban J connectivity index is 1.80. The zero-order chi connectivity index (χ0) is 18.0. The van der Waals surface area contributed by atoms with E-state index in [0.29, 0.717) is 28.9 Å². The van der Waals surface area contributed by atoms with Crippen LogP contribution < -0.4 is 5.73 Å². The first-order valence-corrected chi connectivity index (χ1v) is 8.55. The number of rotatable bonds is 3. The van der Waals surface area contributed by atoms with Crippen LogP contribution in [0, 0.1) is 10.1 Å². The minimum atomic E-state index is -0.546. The van der Waals surface area contributed by atoms with Crippen molar-refractivity contribution in [2.24, 2.45) is 5.73 Å². The Bertz CT molecular complexity index is 1100. The van der Waals surface area contributed by atoms with Gasteiger partial charge in [0.25, 0.3) is 0 Å². The maximum atomic E-state index is 11.6. The molecular weight excluding hydrogens is 334 g/mol. The van der Waals surface area contributed by atoms with Crippen molar-refractivity contribution >= 4 is 22.7 Å². The number of primary amides is 1. The highest BCUT2D eigenvalue weighted by molar-refractivity contribution is 5.99. The molecule has 1 aromatic carbocycles. The predicted octanol–water partition coefficient (Wildman–Crippen LogP) is 3.87. The molecule has 2 bridgehead atoms. The fourth-order valence-corrected chi connectivity index (χ4v) is 4.56. The Hall–Kier alpha value is -3.22. The first-order valence-electron chi connectivity index (χ1n) is 8.55. The average Bonchev–Trinajstić information content (AvgIpc) is 3.36. The molecule has 2 aliphatic carbocycles. The molecule has 1 amide bonds. The van der Waals surface area contributed by atoms with Crippen molar-refractivity contribution in [3.05, 3.63) is 57.1 Å². The van der Waals surface area contributed by atoms with Crippen LogP contribution in [-0.4, -0.2) is 15.8 Å². The lowest BCUT2D eigenvalue weighted by atomic mass is 9.87. The summed E-state index contributed by atoms with van der Waals surface area (Å²) >= 11 is 0. The van der Waals surface area contributed by atoms with Crippen LogP contribution in [0.3, 0.4) is 0 Å². The van der Waals surface area contributed by atoms with Crippen LogP contribution in [0.25, 0.3) is 22.4 Å². The first-order chi connectivity index (χ1) is 12.5. The zero-order valence-electron chi connectivity index (χ0n) is 13.8. The van der Waals surface area contributed by atoms with Crippen molar-refractivity contribution in [1.29, 1.82) is 0 Å². The minimum Gasteiger partial charge on any atom is -0.399 e. The number of fused-ring (bicyclic) bond motifs is 7. The highest BCUT2D eigenvalue weighted by atomic mass is 16.6. The van der Waals surface area contributed by atoms with Crippen LogP contribution in [0.1, 0.15) is 52.6 Å². The van der Waals surface area contributed by atoms with E-state index in [1.165, 1.54) is 11.6 Å². The Labute approximate surface area is 148 Å². The molecule has 1 fully saturated rings. The molecule has 2 heterocycles. The van der Waals surface area contributed by atoms with Crippen molar-refractivity contribution in [2.75, 3.05) is 0 Å². The maximum Gasteiger partial charge on any atom is 0.433 e. The number of nitrogens with zero attached hydrogens (tertiary/aromatic N) is 2. The summed E-state index contributed by atoms with van der Waals surface area (Å²) in [5.74, 6) is 0.467. The van der Waals surface area contributed by atoms with Gasteiger partial charge in [-0.2, -0.15) is 0 Å². The second-order valence-corrected chi connectivity index (χ2v) is 6.99. The molecule has 0 radical (unpaired) electrons. The number of amides is 1. The summed E-state index contributed by atoms with van der Waals surface area (Å²) in [4.78, 5) is 26.7. The fraction of sp³-hybridized carbons (Fsp3) is 0.263. The third-order valence-corrected chi connectivity index (χ3v) is 5.60. The van der Waals surface area contributed by atoms with E-state index in [0.717, 1.165) is 35.7 Å². The Kier molecular flexibility index (Phi) is 2.98. The molecule has 7 heteroatoms. The third-order valence-electron chi connectivity index (χ3n) is 5.60. The summed E-state index contributed by atoms with van der Waals surface area (Å²) in [5.41, 5.74) is 9.64. The summed E-state index contributed by atoms with van der Waals surface area (Å²) in [7, 11) is 0. The van der Waals surface area contributed by atoms with Gasteiger partial charge in [-0.15, -0.1) is 0 Å². The standard InChI is InChI=1S/C19H15N3O4/c20-19(23)11-3-4-13-12(8-11)16-9-1-2-10(7-9)17(16)18(21-13)14-5-6-15(26-14)22(24)25/h3-6,8-10H,1-2,7H2,(H2,20,23). The molecule has 2 aromatic heterocycles. The Morgan fingerprint density at radius 3 is 2.65 bits per heavy atom. The topological polar surface area (TPSA) is 112 Å². The van der Waals surface area contributed by atoms with Gasteiger partial charge in [0.2, 0.25) is 5.91 Å². The van der Waals surface area contributed by atoms with Gasteiger partial charge in [-0.1, -0.05) is 0 Å². The van der Waals surface area contributed by atoms with Crippen molar-refractivity contribution in [2.45, 2.75) is 31.1 Å². The van der Waals surface area contributed by atoms with E-state index in [1.54, 1.807) is 18.2 Å². The van der Waals surface area contributed by atoms with Gasteiger partial charge in [0.15, 0.2) is 5.76 Å². The van der Waals surface area contributed by atoms with Gasteiger partial charge >= 0.3 is 5.88 Å². The van der Waals surface area contributed by atoms with Crippen LogP contribution in [0.2, 0.25) is 0 Å². The number of hydrogen-bond donors (Lipinski definition) is 1. The van der Waals surface area contributed by atoms with E-state index in [9.17, 15) is 14.9 Å². The van der Waals surface area contributed by atoms with Crippen molar-refractivity contribution in [3.8, 4) is 11.5 Å². The van der Waals surface area contributed by atoms with Crippen molar-refractivity contribution in [3.63, 3.8) is 0 Å². The first kappa shape index (κ1) is 15.1. The zero-order valence-corrected chi connectivity index (χ0v) is 13.8. The summed E-state index contributed by atoms with van der Waals surface area (Å²) < 4.78 is 5.44. The van der Waals surface area contributed by atoms with E-state index in [2.05, 4.69) is 0 Å². The molecule has 2 unspecified atom stereocenters. The molecular formula is C19H15N3O4. The molecule has 0 saturated heterocycles. The largest absolute Gasteiger partial charge is 0.433 e. The molecule has 2 N–H and O–H groups in total. The number of hydrogen-bond acceptors (Lipinski definition) is 5. The molecule has 0 spiro atoms. The van der Waals surface area contributed by atoms with Gasteiger partial charge in [-0.05, 0) is 66.5 Å². The van der Waals surface area contributed by atoms with Gasteiger partial charge in [-0.3, -0.25) is 14.9 Å². The lowest BCUT2D eigenvalue weighted by Gasteiger charge is -2.20. The number of nitro groups is 1. The highest BCUT2D eigenvalue weighted by Gasteiger charge is 2.41. The summed E-state index contributed by atoms with van der Waals surface area (Å²) in [6, 6.07) is 8.22. The van der Waals surface area contributed by atoms with Crippen molar-refractivity contribution in [1.82, 2.24) is 4.98 Å². The number of carbonyl (C=O) groups is 1. The second-order valence-electron chi connectivity index (χ2n) is 6.99. The van der Waals surface area contributed by atoms with E-state index >= 15 is 0 Å². The van der Waals surface area contributed by atoms with E-state index in [1.807, 2.05) is 6.07 Å². The molecule has 1 saturated carbocycles. The molecule has 0 aliphatic heterocycles. The number of benzene rings is 1. The van der Waals surface area contributed by atoms with Crippen LogP contribution in [0.4, 0.5) is 5.88 Å². The predicted molar refractivity (Wildman–Crippen MR) is 94.0 cm³/mol.